The summed E-state index contributed by atoms with van der Waals surface area (Å²) in [7, 11) is 0. The lowest BCUT2D eigenvalue weighted by Crippen LogP contribution is -2.40. The van der Waals surface area contributed by atoms with Crippen molar-refractivity contribution >= 4 is 17.7 Å². The quantitative estimate of drug-likeness (QED) is 0.688. The SMILES string of the molecule is CC1CCC(NC(=O)Nc2ccc(C(=O)O)c(O)c2)C1C. The van der Waals surface area contributed by atoms with Crippen molar-refractivity contribution < 1.29 is 19.8 Å². The van der Waals surface area contributed by atoms with E-state index in [1.165, 1.54) is 18.2 Å². The Morgan fingerprint density at radius 2 is 1.95 bits per heavy atom. The number of phenols is 1. The summed E-state index contributed by atoms with van der Waals surface area (Å²) >= 11 is 0. The molecule has 0 bridgehead atoms. The molecule has 1 aromatic carbocycles. The minimum atomic E-state index is -1.21. The number of benzene rings is 1. The first-order valence-corrected chi connectivity index (χ1v) is 7.02. The predicted octanol–water partition coefficient (Wildman–Crippen LogP) is 2.65. The van der Waals surface area contributed by atoms with Crippen LogP contribution in [0.1, 0.15) is 37.0 Å². The maximum atomic E-state index is 11.9. The van der Waals surface area contributed by atoms with Gasteiger partial charge in [0.25, 0.3) is 0 Å². The second kappa shape index (κ2) is 6.03. The molecule has 0 aromatic heterocycles. The third-order valence-corrected chi connectivity index (χ3v) is 4.27. The first-order chi connectivity index (χ1) is 9.88. The highest BCUT2D eigenvalue weighted by Gasteiger charge is 2.30. The molecule has 1 fully saturated rings. The van der Waals surface area contributed by atoms with E-state index in [1.54, 1.807) is 0 Å². The standard InChI is InChI=1S/C15H20N2O4/c1-8-3-6-12(9(8)2)17-15(21)16-10-4-5-11(14(19)20)13(18)7-10/h4-5,7-9,12,18H,3,6H2,1-2H3,(H,19,20)(H2,16,17,21). The zero-order chi connectivity index (χ0) is 15.6. The van der Waals surface area contributed by atoms with E-state index in [0.717, 1.165) is 12.8 Å². The molecule has 3 atom stereocenters. The zero-order valence-corrected chi connectivity index (χ0v) is 12.1. The lowest BCUT2D eigenvalue weighted by molar-refractivity contribution is 0.0694. The van der Waals surface area contributed by atoms with Crippen LogP contribution in [0.2, 0.25) is 0 Å². The van der Waals surface area contributed by atoms with Crippen LogP contribution in [0.15, 0.2) is 18.2 Å². The summed E-state index contributed by atoms with van der Waals surface area (Å²) in [4.78, 5) is 22.7. The van der Waals surface area contributed by atoms with Gasteiger partial charge in [0, 0.05) is 17.8 Å². The van der Waals surface area contributed by atoms with Crippen molar-refractivity contribution in [2.75, 3.05) is 5.32 Å². The van der Waals surface area contributed by atoms with Crippen molar-refractivity contribution in [3.63, 3.8) is 0 Å². The van der Waals surface area contributed by atoms with Gasteiger partial charge >= 0.3 is 12.0 Å². The van der Waals surface area contributed by atoms with Gasteiger partial charge < -0.3 is 20.8 Å². The van der Waals surface area contributed by atoms with Gasteiger partial charge in [-0.1, -0.05) is 13.8 Å². The predicted molar refractivity (Wildman–Crippen MR) is 78.6 cm³/mol. The summed E-state index contributed by atoms with van der Waals surface area (Å²) in [6.45, 7) is 4.29. The summed E-state index contributed by atoms with van der Waals surface area (Å²) < 4.78 is 0. The molecule has 1 saturated carbocycles. The van der Waals surface area contributed by atoms with Gasteiger partial charge in [-0.2, -0.15) is 0 Å². The number of nitrogens with one attached hydrogen (secondary N) is 2. The molecule has 0 spiro atoms. The Morgan fingerprint density at radius 1 is 1.24 bits per heavy atom. The highest BCUT2D eigenvalue weighted by molar-refractivity contribution is 5.94. The van der Waals surface area contributed by atoms with Crippen molar-refractivity contribution in [3.05, 3.63) is 23.8 Å². The average molecular weight is 292 g/mol. The van der Waals surface area contributed by atoms with Crippen molar-refractivity contribution in [1.29, 1.82) is 0 Å². The van der Waals surface area contributed by atoms with E-state index in [2.05, 4.69) is 24.5 Å². The summed E-state index contributed by atoms with van der Waals surface area (Å²) in [6.07, 6.45) is 2.05. The van der Waals surface area contributed by atoms with Crippen LogP contribution in [-0.4, -0.2) is 28.3 Å². The Balaban J connectivity index is 1.97. The van der Waals surface area contributed by atoms with E-state index in [-0.39, 0.29) is 23.4 Å². The first-order valence-electron chi connectivity index (χ1n) is 7.02. The zero-order valence-electron chi connectivity index (χ0n) is 12.1. The molecule has 0 saturated heterocycles. The summed E-state index contributed by atoms with van der Waals surface area (Å²) in [5.41, 5.74) is 0.160. The van der Waals surface area contributed by atoms with E-state index in [0.29, 0.717) is 17.5 Å². The molecule has 1 aliphatic rings. The van der Waals surface area contributed by atoms with E-state index in [1.807, 2.05) is 0 Å². The fraction of sp³-hybridized carbons (Fsp3) is 0.467. The monoisotopic (exact) mass is 292 g/mol. The molecule has 6 nitrogen and oxygen atoms in total. The number of amides is 2. The Bertz CT molecular complexity index is 559. The van der Waals surface area contributed by atoms with Gasteiger partial charge in [-0.25, -0.2) is 9.59 Å². The van der Waals surface area contributed by atoms with Crippen LogP contribution in [0.4, 0.5) is 10.5 Å². The van der Waals surface area contributed by atoms with Gasteiger partial charge in [0.1, 0.15) is 11.3 Å². The minimum absolute atomic E-state index is 0.145. The smallest absolute Gasteiger partial charge is 0.339 e. The number of hydrogen-bond donors (Lipinski definition) is 4. The van der Waals surface area contributed by atoms with E-state index in [4.69, 9.17) is 5.11 Å². The molecule has 2 amide bonds. The highest BCUT2D eigenvalue weighted by atomic mass is 16.4. The molecule has 21 heavy (non-hydrogen) atoms. The Morgan fingerprint density at radius 3 is 2.48 bits per heavy atom. The molecule has 1 aromatic rings. The number of carbonyl (C=O) groups is 2. The van der Waals surface area contributed by atoms with Crippen molar-refractivity contribution in [1.82, 2.24) is 5.32 Å². The molecular formula is C15H20N2O4. The second-order valence-corrected chi connectivity index (χ2v) is 5.66. The highest BCUT2D eigenvalue weighted by Crippen LogP contribution is 2.31. The number of hydrogen-bond acceptors (Lipinski definition) is 3. The lowest BCUT2D eigenvalue weighted by atomic mass is 9.98. The fourth-order valence-electron chi connectivity index (χ4n) is 2.69. The normalized spacial score (nSPS) is 24.6. The Labute approximate surface area is 123 Å². The van der Waals surface area contributed by atoms with Crippen LogP contribution >= 0.6 is 0 Å². The van der Waals surface area contributed by atoms with Gasteiger partial charge in [0.15, 0.2) is 0 Å². The van der Waals surface area contributed by atoms with Crippen LogP contribution in [0.25, 0.3) is 0 Å². The average Bonchev–Trinajstić information content (AvgIpc) is 2.70. The van der Waals surface area contributed by atoms with E-state index < -0.39 is 5.97 Å². The van der Waals surface area contributed by atoms with Crippen LogP contribution in [0.5, 0.6) is 5.75 Å². The summed E-state index contributed by atoms with van der Waals surface area (Å²) in [5, 5.41) is 23.9. The molecular weight excluding hydrogens is 272 g/mol. The molecule has 1 aliphatic carbocycles. The van der Waals surface area contributed by atoms with E-state index in [9.17, 15) is 14.7 Å². The van der Waals surface area contributed by atoms with Gasteiger partial charge in [-0.15, -0.1) is 0 Å². The number of carbonyl (C=O) groups excluding carboxylic acids is 1. The van der Waals surface area contributed by atoms with Crippen LogP contribution < -0.4 is 10.6 Å². The van der Waals surface area contributed by atoms with Crippen molar-refractivity contribution in [2.45, 2.75) is 32.7 Å². The molecule has 114 valence electrons. The number of carboxylic acid groups (broad SMARTS) is 1. The number of rotatable bonds is 3. The largest absolute Gasteiger partial charge is 0.507 e. The second-order valence-electron chi connectivity index (χ2n) is 5.66. The molecule has 0 aliphatic heterocycles. The molecule has 0 radical (unpaired) electrons. The van der Waals surface area contributed by atoms with Crippen LogP contribution in [0, 0.1) is 11.8 Å². The number of aromatic carboxylic acids is 1. The minimum Gasteiger partial charge on any atom is -0.507 e. The number of aromatic hydroxyl groups is 1. The third-order valence-electron chi connectivity index (χ3n) is 4.27. The molecule has 6 heteroatoms. The van der Waals surface area contributed by atoms with Gasteiger partial charge in [0.05, 0.1) is 0 Å². The maximum absolute atomic E-state index is 11.9. The summed E-state index contributed by atoms with van der Waals surface area (Å²) in [6, 6.07) is 3.73. The van der Waals surface area contributed by atoms with Gasteiger partial charge in [0.2, 0.25) is 0 Å². The van der Waals surface area contributed by atoms with Crippen LogP contribution in [-0.2, 0) is 0 Å². The third kappa shape index (κ3) is 3.45. The lowest BCUT2D eigenvalue weighted by Gasteiger charge is -2.20. The van der Waals surface area contributed by atoms with Gasteiger partial charge in [-0.3, -0.25) is 0 Å². The maximum Gasteiger partial charge on any atom is 0.339 e. The Hall–Kier alpha value is -2.24. The molecule has 0 heterocycles. The van der Waals surface area contributed by atoms with Gasteiger partial charge in [-0.05, 0) is 36.8 Å². The number of urea groups is 1. The number of anilines is 1. The molecule has 4 N–H and O–H groups in total. The molecule has 3 unspecified atom stereocenters. The molecule has 2 rings (SSSR count). The first kappa shape index (κ1) is 15.2. The van der Waals surface area contributed by atoms with Crippen molar-refractivity contribution in [2.24, 2.45) is 11.8 Å². The topological polar surface area (TPSA) is 98.7 Å². The Kier molecular flexibility index (Phi) is 4.35. The van der Waals surface area contributed by atoms with Crippen LogP contribution in [0.3, 0.4) is 0 Å². The summed E-state index contributed by atoms with van der Waals surface area (Å²) in [5.74, 6) is -0.562. The van der Waals surface area contributed by atoms with Crippen molar-refractivity contribution in [3.8, 4) is 5.75 Å². The fourth-order valence-corrected chi connectivity index (χ4v) is 2.69. The number of carboxylic acids is 1. The van der Waals surface area contributed by atoms with E-state index >= 15 is 0 Å².